The van der Waals surface area contributed by atoms with Crippen molar-refractivity contribution >= 4 is 29.1 Å². The molecule has 0 saturated carbocycles. The molecule has 22 heavy (non-hydrogen) atoms. The summed E-state index contributed by atoms with van der Waals surface area (Å²) in [5.74, 6) is -1.57. The summed E-state index contributed by atoms with van der Waals surface area (Å²) in [5, 5.41) is 12.1. The van der Waals surface area contributed by atoms with Gasteiger partial charge in [-0.3, -0.25) is 0 Å². The van der Waals surface area contributed by atoms with Gasteiger partial charge in [0.2, 0.25) is 0 Å². The average Bonchev–Trinajstić information content (AvgIpc) is 2.51. The van der Waals surface area contributed by atoms with Crippen molar-refractivity contribution in [3.05, 3.63) is 53.3 Å². The van der Waals surface area contributed by atoms with Gasteiger partial charge in [0, 0.05) is 10.6 Å². The summed E-state index contributed by atoms with van der Waals surface area (Å²) in [4.78, 5) is 12.3. The van der Waals surface area contributed by atoms with Crippen LogP contribution in [0.4, 0.5) is 15.8 Å². The fourth-order valence-corrected chi connectivity index (χ4v) is 2.35. The van der Waals surface area contributed by atoms with E-state index >= 15 is 0 Å². The fourth-order valence-electron chi connectivity index (χ4n) is 1.85. The predicted molar refractivity (Wildman–Crippen MR) is 91.0 cm³/mol. The lowest BCUT2D eigenvalue weighted by atomic mass is 10.1. The van der Waals surface area contributed by atoms with Crippen molar-refractivity contribution in [1.82, 2.24) is 0 Å². The van der Waals surface area contributed by atoms with Crippen LogP contribution < -0.4 is 5.32 Å². The van der Waals surface area contributed by atoms with E-state index in [4.69, 9.17) is 5.11 Å². The Morgan fingerprint density at radius 3 is 2.36 bits per heavy atom. The summed E-state index contributed by atoms with van der Waals surface area (Å²) in [6, 6.07) is 9.36. The Labute approximate surface area is 134 Å². The van der Waals surface area contributed by atoms with Gasteiger partial charge in [0.1, 0.15) is 5.82 Å². The van der Waals surface area contributed by atoms with Crippen LogP contribution in [0.2, 0.25) is 0 Å². The van der Waals surface area contributed by atoms with Crippen LogP contribution in [-0.2, 0) is 0 Å². The zero-order chi connectivity index (χ0) is 16.7. The van der Waals surface area contributed by atoms with Crippen LogP contribution in [0.5, 0.6) is 0 Å². The first-order chi connectivity index (χ1) is 10.5. The number of hydrogen-bond acceptors (Lipinski definition) is 3. The third-order valence-corrected chi connectivity index (χ3v) is 3.64. The standard InChI is InChI=1S/C15H14FNO2S.C2H6/c1-9-7-11(20-2)4-6-13(9)17-14-8-10(16)3-5-12(14)15(18)19;1-2/h3-8,17H,1-2H3,(H,18,19);1-2H3. The van der Waals surface area contributed by atoms with Gasteiger partial charge >= 0.3 is 5.97 Å². The molecular formula is C17H20FNO2S. The third-order valence-electron chi connectivity index (χ3n) is 2.91. The maximum absolute atomic E-state index is 13.3. The lowest BCUT2D eigenvalue weighted by molar-refractivity contribution is 0.0698. The van der Waals surface area contributed by atoms with Crippen molar-refractivity contribution < 1.29 is 14.3 Å². The van der Waals surface area contributed by atoms with E-state index < -0.39 is 11.8 Å². The maximum atomic E-state index is 13.3. The highest BCUT2D eigenvalue weighted by Crippen LogP contribution is 2.27. The number of carboxylic acid groups (broad SMARTS) is 1. The van der Waals surface area contributed by atoms with Crippen LogP contribution in [0.1, 0.15) is 29.8 Å². The van der Waals surface area contributed by atoms with E-state index in [1.165, 1.54) is 12.1 Å². The highest BCUT2D eigenvalue weighted by atomic mass is 32.2. The number of carboxylic acids is 1. The molecule has 0 atom stereocenters. The van der Waals surface area contributed by atoms with Gasteiger partial charge in [-0.1, -0.05) is 13.8 Å². The van der Waals surface area contributed by atoms with Crippen molar-refractivity contribution in [2.24, 2.45) is 0 Å². The fraction of sp³-hybridized carbons (Fsp3) is 0.235. The van der Waals surface area contributed by atoms with Gasteiger partial charge in [-0.15, -0.1) is 11.8 Å². The number of aryl methyl sites for hydroxylation is 1. The van der Waals surface area contributed by atoms with E-state index in [2.05, 4.69) is 5.32 Å². The monoisotopic (exact) mass is 321 g/mol. The average molecular weight is 321 g/mol. The number of benzene rings is 2. The molecule has 5 heteroatoms. The van der Waals surface area contributed by atoms with E-state index in [0.29, 0.717) is 0 Å². The quantitative estimate of drug-likeness (QED) is 0.748. The molecule has 118 valence electrons. The second kappa shape index (κ2) is 8.44. The second-order valence-corrected chi connectivity index (χ2v) is 5.18. The number of hydrogen-bond donors (Lipinski definition) is 2. The van der Waals surface area contributed by atoms with Crippen molar-refractivity contribution in [3.8, 4) is 0 Å². The summed E-state index contributed by atoms with van der Waals surface area (Å²) >= 11 is 1.63. The number of aromatic carboxylic acids is 1. The van der Waals surface area contributed by atoms with Gasteiger partial charge in [0.15, 0.2) is 0 Å². The molecule has 2 rings (SSSR count). The smallest absolute Gasteiger partial charge is 0.337 e. The Morgan fingerprint density at radius 2 is 1.82 bits per heavy atom. The van der Waals surface area contributed by atoms with Crippen LogP contribution >= 0.6 is 11.8 Å². The molecule has 2 N–H and O–H groups in total. The van der Waals surface area contributed by atoms with Crippen molar-refractivity contribution in [2.75, 3.05) is 11.6 Å². The molecule has 0 unspecified atom stereocenters. The Kier molecular flexibility index (Phi) is 6.92. The summed E-state index contributed by atoms with van der Waals surface area (Å²) in [5.41, 5.74) is 2.02. The highest BCUT2D eigenvalue weighted by molar-refractivity contribution is 7.98. The van der Waals surface area contributed by atoms with Gasteiger partial charge in [-0.05, 0) is 55.1 Å². The number of nitrogens with one attached hydrogen (secondary N) is 1. The molecule has 2 aromatic carbocycles. The molecule has 0 amide bonds. The lowest BCUT2D eigenvalue weighted by Gasteiger charge is -2.13. The zero-order valence-corrected chi connectivity index (χ0v) is 13.9. The SMILES string of the molecule is CC.CSc1ccc(Nc2cc(F)ccc2C(=O)O)c(C)c1. The van der Waals surface area contributed by atoms with Crippen LogP contribution in [0.25, 0.3) is 0 Å². The first-order valence-electron chi connectivity index (χ1n) is 6.96. The van der Waals surface area contributed by atoms with Gasteiger partial charge in [0.25, 0.3) is 0 Å². The van der Waals surface area contributed by atoms with Gasteiger partial charge < -0.3 is 10.4 Å². The Hall–Kier alpha value is -2.01. The van der Waals surface area contributed by atoms with Gasteiger partial charge in [0.05, 0.1) is 11.3 Å². The van der Waals surface area contributed by atoms with Crippen molar-refractivity contribution in [1.29, 1.82) is 0 Å². The molecule has 0 saturated heterocycles. The molecule has 0 bridgehead atoms. The highest BCUT2D eigenvalue weighted by Gasteiger charge is 2.12. The van der Waals surface area contributed by atoms with Crippen molar-refractivity contribution in [3.63, 3.8) is 0 Å². The molecule has 0 aliphatic heterocycles. The number of rotatable bonds is 4. The number of thioether (sulfide) groups is 1. The number of anilines is 2. The molecule has 0 heterocycles. The minimum Gasteiger partial charge on any atom is -0.478 e. The van der Waals surface area contributed by atoms with Gasteiger partial charge in [-0.2, -0.15) is 0 Å². The first-order valence-corrected chi connectivity index (χ1v) is 8.18. The molecular weight excluding hydrogens is 301 g/mol. The van der Waals surface area contributed by atoms with E-state index in [0.717, 1.165) is 22.2 Å². The topological polar surface area (TPSA) is 49.3 Å². The lowest BCUT2D eigenvalue weighted by Crippen LogP contribution is -2.04. The van der Waals surface area contributed by atoms with E-state index in [9.17, 15) is 9.18 Å². The minimum atomic E-state index is -1.09. The molecule has 0 fully saturated rings. The molecule has 0 aliphatic carbocycles. The molecule has 3 nitrogen and oxygen atoms in total. The summed E-state index contributed by atoms with van der Waals surface area (Å²) < 4.78 is 13.3. The summed E-state index contributed by atoms with van der Waals surface area (Å²) in [6.07, 6.45) is 1.98. The molecule has 0 aliphatic rings. The van der Waals surface area contributed by atoms with Crippen LogP contribution in [0.15, 0.2) is 41.3 Å². The molecule has 0 aromatic heterocycles. The number of carbonyl (C=O) groups is 1. The molecule has 2 aromatic rings. The zero-order valence-electron chi connectivity index (χ0n) is 13.1. The summed E-state index contributed by atoms with van der Waals surface area (Å²) in [6.45, 7) is 5.92. The Morgan fingerprint density at radius 1 is 1.14 bits per heavy atom. The summed E-state index contributed by atoms with van der Waals surface area (Å²) in [7, 11) is 0. The minimum absolute atomic E-state index is 0.0414. The molecule has 0 spiro atoms. The van der Waals surface area contributed by atoms with Crippen LogP contribution in [0, 0.1) is 12.7 Å². The Balaban J connectivity index is 0.00000116. The van der Waals surface area contributed by atoms with Crippen molar-refractivity contribution in [2.45, 2.75) is 25.7 Å². The van der Waals surface area contributed by atoms with Crippen LogP contribution in [0.3, 0.4) is 0 Å². The van der Waals surface area contributed by atoms with Crippen LogP contribution in [-0.4, -0.2) is 17.3 Å². The Bertz CT molecular complexity index is 659. The predicted octanol–water partition coefficient (Wildman–Crippen LogP) is 5.32. The number of halogens is 1. The van der Waals surface area contributed by atoms with E-state index in [1.54, 1.807) is 11.8 Å². The third kappa shape index (κ3) is 4.49. The first kappa shape index (κ1) is 18.0. The molecule has 0 radical (unpaired) electrons. The largest absolute Gasteiger partial charge is 0.478 e. The normalized spacial score (nSPS) is 9.68. The maximum Gasteiger partial charge on any atom is 0.337 e. The van der Waals surface area contributed by atoms with E-state index in [-0.39, 0.29) is 11.3 Å². The van der Waals surface area contributed by atoms with Gasteiger partial charge in [-0.25, -0.2) is 9.18 Å². The second-order valence-electron chi connectivity index (χ2n) is 4.30. The van der Waals surface area contributed by atoms with E-state index in [1.807, 2.05) is 45.2 Å².